The SMILES string of the molecule is COc1ccc(OC(=O)C2(C(C)C)CC=CS2)cc1O. The van der Waals surface area contributed by atoms with Crippen LogP contribution in [-0.4, -0.2) is 22.9 Å². The number of carbonyl (C=O) groups is 1. The Balaban J connectivity index is 2.17. The van der Waals surface area contributed by atoms with E-state index in [0.29, 0.717) is 17.9 Å². The van der Waals surface area contributed by atoms with Gasteiger partial charge in [-0.1, -0.05) is 19.9 Å². The third-order valence-electron chi connectivity index (χ3n) is 3.43. The summed E-state index contributed by atoms with van der Waals surface area (Å²) < 4.78 is 9.81. The number of esters is 1. The number of thioether (sulfide) groups is 1. The molecular weight excluding hydrogens is 276 g/mol. The molecule has 2 rings (SSSR count). The average Bonchev–Trinajstić information content (AvgIpc) is 2.89. The number of aromatic hydroxyl groups is 1. The third kappa shape index (κ3) is 2.63. The number of hydrogen-bond donors (Lipinski definition) is 1. The fourth-order valence-electron chi connectivity index (χ4n) is 2.11. The van der Waals surface area contributed by atoms with E-state index in [1.54, 1.807) is 12.1 Å². The molecule has 0 aromatic heterocycles. The molecule has 0 amide bonds. The van der Waals surface area contributed by atoms with Crippen molar-refractivity contribution in [3.63, 3.8) is 0 Å². The Bertz CT molecular complexity index is 529. The van der Waals surface area contributed by atoms with Crippen LogP contribution in [-0.2, 0) is 4.79 Å². The number of phenolic OH excluding ortho intramolecular Hbond substituents is 1. The zero-order chi connectivity index (χ0) is 14.8. The van der Waals surface area contributed by atoms with Crippen LogP contribution < -0.4 is 9.47 Å². The Kier molecular flexibility index (Phi) is 4.28. The lowest BCUT2D eigenvalue weighted by molar-refractivity contribution is -0.138. The molecule has 0 bridgehead atoms. The van der Waals surface area contributed by atoms with Crippen LogP contribution in [0.2, 0.25) is 0 Å². The molecule has 0 saturated carbocycles. The minimum atomic E-state index is -0.574. The molecule has 5 heteroatoms. The first kappa shape index (κ1) is 14.8. The lowest BCUT2D eigenvalue weighted by atomic mass is 9.91. The predicted molar refractivity (Wildman–Crippen MR) is 79.2 cm³/mol. The van der Waals surface area contributed by atoms with Gasteiger partial charge in [-0.3, -0.25) is 4.79 Å². The van der Waals surface area contributed by atoms with Crippen LogP contribution >= 0.6 is 11.8 Å². The summed E-state index contributed by atoms with van der Waals surface area (Å²) in [5.41, 5.74) is 0. The van der Waals surface area contributed by atoms with Crippen LogP contribution in [0.5, 0.6) is 17.2 Å². The minimum absolute atomic E-state index is 0.0476. The largest absolute Gasteiger partial charge is 0.504 e. The predicted octanol–water partition coefficient (Wildman–Crippen LogP) is 3.35. The highest BCUT2D eigenvalue weighted by Crippen LogP contribution is 2.44. The second-order valence-electron chi connectivity index (χ2n) is 4.96. The fraction of sp³-hybridized carbons (Fsp3) is 0.400. The summed E-state index contributed by atoms with van der Waals surface area (Å²) in [4.78, 5) is 12.4. The van der Waals surface area contributed by atoms with E-state index in [-0.39, 0.29) is 17.6 Å². The maximum absolute atomic E-state index is 12.4. The summed E-state index contributed by atoms with van der Waals surface area (Å²) in [6, 6.07) is 4.56. The van der Waals surface area contributed by atoms with Gasteiger partial charge in [0.25, 0.3) is 0 Å². The maximum atomic E-state index is 12.4. The van der Waals surface area contributed by atoms with Crippen molar-refractivity contribution in [2.24, 2.45) is 5.92 Å². The number of hydrogen-bond acceptors (Lipinski definition) is 5. The molecule has 1 aromatic rings. The number of benzene rings is 1. The summed E-state index contributed by atoms with van der Waals surface area (Å²) in [5, 5.41) is 11.6. The van der Waals surface area contributed by atoms with E-state index in [1.807, 2.05) is 25.3 Å². The van der Waals surface area contributed by atoms with Crippen molar-refractivity contribution in [1.82, 2.24) is 0 Å². The molecule has 0 saturated heterocycles. The van der Waals surface area contributed by atoms with Crippen molar-refractivity contribution >= 4 is 17.7 Å². The Hall–Kier alpha value is -1.62. The smallest absolute Gasteiger partial charge is 0.328 e. The topological polar surface area (TPSA) is 55.8 Å². The molecule has 0 fully saturated rings. The van der Waals surface area contributed by atoms with Crippen molar-refractivity contribution in [1.29, 1.82) is 0 Å². The van der Waals surface area contributed by atoms with E-state index in [1.165, 1.54) is 24.9 Å². The Morgan fingerprint density at radius 3 is 2.70 bits per heavy atom. The van der Waals surface area contributed by atoms with Crippen LogP contribution in [0, 0.1) is 5.92 Å². The fourth-order valence-corrected chi connectivity index (χ4v) is 3.14. The molecule has 0 radical (unpaired) electrons. The van der Waals surface area contributed by atoms with Gasteiger partial charge in [0.1, 0.15) is 10.5 Å². The molecule has 1 N–H and O–H groups in total. The molecule has 4 nitrogen and oxygen atoms in total. The third-order valence-corrected chi connectivity index (χ3v) is 4.99. The van der Waals surface area contributed by atoms with E-state index in [2.05, 4.69) is 0 Å². The first-order valence-electron chi connectivity index (χ1n) is 6.41. The molecule has 1 aliphatic rings. The molecule has 108 valence electrons. The zero-order valence-corrected chi connectivity index (χ0v) is 12.6. The van der Waals surface area contributed by atoms with E-state index in [4.69, 9.17) is 9.47 Å². The van der Waals surface area contributed by atoms with Crippen LogP contribution in [0.15, 0.2) is 29.7 Å². The molecule has 1 atom stereocenters. The van der Waals surface area contributed by atoms with Gasteiger partial charge in [0.05, 0.1) is 7.11 Å². The second kappa shape index (κ2) is 5.79. The van der Waals surface area contributed by atoms with Gasteiger partial charge >= 0.3 is 5.97 Å². The highest BCUT2D eigenvalue weighted by Gasteiger charge is 2.44. The Morgan fingerprint density at radius 1 is 1.45 bits per heavy atom. The van der Waals surface area contributed by atoms with Gasteiger partial charge in [0.2, 0.25) is 0 Å². The quantitative estimate of drug-likeness (QED) is 0.681. The van der Waals surface area contributed by atoms with E-state index >= 15 is 0 Å². The monoisotopic (exact) mass is 294 g/mol. The van der Waals surface area contributed by atoms with Gasteiger partial charge < -0.3 is 14.6 Å². The first-order valence-corrected chi connectivity index (χ1v) is 7.29. The van der Waals surface area contributed by atoms with Crippen LogP contribution in [0.1, 0.15) is 20.3 Å². The zero-order valence-electron chi connectivity index (χ0n) is 11.8. The molecule has 0 aliphatic carbocycles. The van der Waals surface area contributed by atoms with Crippen molar-refractivity contribution < 1.29 is 19.4 Å². The lowest BCUT2D eigenvalue weighted by Gasteiger charge is -2.29. The van der Waals surface area contributed by atoms with E-state index in [0.717, 1.165) is 0 Å². The first-order chi connectivity index (χ1) is 9.49. The standard InChI is InChI=1S/C15H18O4S/c1-10(2)15(7-4-8-20-15)14(17)19-11-5-6-13(18-3)12(16)9-11/h4-6,8-10,16H,7H2,1-3H3. The average molecular weight is 294 g/mol. The summed E-state index contributed by atoms with van der Waals surface area (Å²) in [6.45, 7) is 4.01. The number of carbonyl (C=O) groups excluding carboxylic acids is 1. The van der Waals surface area contributed by atoms with Gasteiger partial charge in [0, 0.05) is 6.07 Å². The molecule has 1 unspecified atom stereocenters. The maximum Gasteiger partial charge on any atom is 0.328 e. The van der Waals surface area contributed by atoms with Crippen molar-refractivity contribution in [3.8, 4) is 17.2 Å². The van der Waals surface area contributed by atoms with E-state index in [9.17, 15) is 9.90 Å². The van der Waals surface area contributed by atoms with Crippen molar-refractivity contribution in [3.05, 3.63) is 29.7 Å². The van der Waals surface area contributed by atoms with Gasteiger partial charge in [0.15, 0.2) is 11.5 Å². The highest BCUT2D eigenvalue weighted by atomic mass is 32.2. The summed E-state index contributed by atoms with van der Waals surface area (Å²) in [7, 11) is 1.47. The second-order valence-corrected chi connectivity index (χ2v) is 6.20. The van der Waals surface area contributed by atoms with Gasteiger partial charge in [-0.2, -0.15) is 0 Å². The minimum Gasteiger partial charge on any atom is -0.504 e. The Morgan fingerprint density at radius 2 is 2.20 bits per heavy atom. The van der Waals surface area contributed by atoms with Crippen LogP contribution in [0.25, 0.3) is 0 Å². The molecule has 1 aromatic carbocycles. The lowest BCUT2D eigenvalue weighted by Crippen LogP contribution is -2.41. The van der Waals surface area contributed by atoms with Crippen LogP contribution in [0.3, 0.4) is 0 Å². The molecule has 20 heavy (non-hydrogen) atoms. The molecular formula is C15H18O4S. The number of rotatable bonds is 4. The van der Waals surface area contributed by atoms with Crippen molar-refractivity contribution in [2.75, 3.05) is 7.11 Å². The number of allylic oxidation sites excluding steroid dienone is 1. The Labute approximate surface area is 122 Å². The summed E-state index contributed by atoms with van der Waals surface area (Å²) in [5.74, 6) is 0.489. The number of methoxy groups -OCH3 is 1. The molecule has 0 spiro atoms. The normalized spacial score (nSPS) is 21.2. The molecule has 1 aliphatic heterocycles. The van der Waals surface area contributed by atoms with Crippen molar-refractivity contribution in [2.45, 2.75) is 25.0 Å². The number of phenols is 1. The molecule has 1 heterocycles. The highest BCUT2D eigenvalue weighted by molar-refractivity contribution is 8.04. The van der Waals surface area contributed by atoms with Gasteiger partial charge in [-0.05, 0) is 29.9 Å². The number of ether oxygens (including phenoxy) is 2. The van der Waals surface area contributed by atoms with E-state index < -0.39 is 4.75 Å². The van der Waals surface area contributed by atoms with Gasteiger partial charge in [-0.25, -0.2) is 0 Å². The summed E-state index contributed by atoms with van der Waals surface area (Å²) >= 11 is 1.49. The van der Waals surface area contributed by atoms with Crippen LogP contribution in [0.4, 0.5) is 0 Å². The summed E-state index contributed by atoms with van der Waals surface area (Å²) in [6.07, 6.45) is 2.65. The van der Waals surface area contributed by atoms with Gasteiger partial charge in [-0.15, -0.1) is 11.8 Å².